The van der Waals surface area contributed by atoms with Crippen molar-refractivity contribution in [1.82, 2.24) is 9.97 Å². The van der Waals surface area contributed by atoms with E-state index < -0.39 is 0 Å². The third-order valence-electron chi connectivity index (χ3n) is 3.94. The molecule has 1 N–H and O–H groups in total. The lowest BCUT2D eigenvalue weighted by atomic mass is 10.2. The molecule has 1 heterocycles. The van der Waals surface area contributed by atoms with Crippen molar-refractivity contribution in [1.29, 1.82) is 0 Å². The number of aromatic nitrogens is 2. The molecule has 1 aromatic heterocycles. The van der Waals surface area contributed by atoms with Crippen LogP contribution in [0, 0.1) is 0 Å². The van der Waals surface area contributed by atoms with Crippen molar-refractivity contribution in [3.63, 3.8) is 0 Å². The van der Waals surface area contributed by atoms with Crippen LogP contribution in [0.4, 0.5) is 5.95 Å². The Morgan fingerprint density at radius 2 is 1.52 bits per heavy atom. The van der Waals surface area contributed by atoms with Crippen molar-refractivity contribution in [3.05, 3.63) is 96.1 Å². The molecule has 0 saturated carbocycles. The molecule has 0 unspecified atom stereocenters. The normalized spacial score (nSPS) is 11.2. The summed E-state index contributed by atoms with van der Waals surface area (Å²) in [5, 5.41) is 6.56. The Morgan fingerprint density at radius 1 is 0.840 bits per heavy atom. The first kappa shape index (κ1) is 15.1. The van der Waals surface area contributed by atoms with Gasteiger partial charge < -0.3 is 4.98 Å². The summed E-state index contributed by atoms with van der Waals surface area (Å²) in [6, 6.07) is 28.3. The van der Waals surface area contributed by atoms with Gasteiger partial charge in [0.2, 0.25) is 5.95 Å². The van der Waals surface area contributed by atoms with Crippen LogP contribution in [-0.4, -0.2) is 16.2 Å². The van der Waals surface area contributed by atoms with Crippen LogP contribution in [0.5, 0.6) is 0 Å². The van der Waals surface area contributed by atoms with Crippen LogP contribution in [-0.2, 0) is 6.54 Å². The van der Waals surface area contributed by atoms with Crippen molar-refractivity contribution >= 4 is 23.2 Å². The van der Waals surface area contributed by atoms with Crippen LogP contribution in [0.3, 0.4) is 0 Å². The molecule has 0 bridgehead atoms. The number of anilines is 1. The van der Waals surface area contributed by atoms with E-state index in [4.69, 9.17) is 0 Å². The van der Waals surface area contributed by atoms with Crippen LogP contribution in [0.1, 0.15) is 11.1 Å². The Bertz CT molecular complexity index is 941. The molecule has 3 aromatic carbocycles. The van der Waals surface area contributed by atoms with E-state index >= 15 is 0 Å². The SMILES string of the molecule is C(=NN(Cc1ccccc1)c1nc2ccccc2[nH]1)c1ccccc1. The van der Waals surface area contributed by atoms with E-state index in [1.165, 1.54) is 5.56 Å². The van der Waals surface area contributed by atoms with E-state index in [0.717, 1.165) is 22.5 Å². The monoisotopic (exact) mass is 326 g/mol. The van der Waals surface area contributed by atoms with Gasteiger partial charge in [0.05, 0.1) is 23.8 Å². The van der Waals surface area contributed by atoms with Gasteiger partial charge in [-0.25, -0.2) is 9.99 Å². The molecule has 0 amide bonds. The predicted molar refractivity (Wildman–Crippen MR) is 103 cm³/mol. The van der Waals surface area contributed by atoms with Crippen molar-refractivity contribution in [2.75, 3.05) is 5.01 Å². The summed E-state index contributed by atoms with van der Waals surface area (Å²) < 4.78 is 0. The first-order valence-corrected chi connectivity index (χ1v) is 8.24. The third-order valence-corrected chi connectivity index (χ3v) is 3.94. The molecule has 4 aromatic rings. The Hall–Kier alpha value is -3.40. The first-order chi connectivity index (χ1) is 12.4. The summed E-state index contributed by atoms with van der Waals surface area (Å²) in [5.74, 6) is 0.734. The summed E-state index contributed by atoms with van der Waals surface area (Å²) in [6.07, 6.45) is 1.86. The Labute approximate surface area is 146 Å². The fraction of sp³-hybridized carbons (Fsp3) is 0.0476. The van der Waals surface area contributed by atoms with E-state index in [-0.39, 0.29) is 0 Å². The van der Waals surface area contributed by atoms with Crippen molar-refractivity contribution in [2.45, 2.75) is 6.54 Å². The maximum absolute atomic E-state index is 4.68. The number of hydrogen-bond acceptors (Lipinski definition) is 3. The van der Waals surface area contributed by atoms with E-state index in [9.17, 15) is 0 Å². The van der Waals surface area contributed by atoms with Gasteiger partial charge >= 0.3 is 0 Å². The number of para-hydroxylation sites is 2. The van der Waals surface area contributed by atoms with Crippen LogP contribution in [0.15, 0.2) is 90.0 Å². The van der Waals surface area contributed by atoms with E-state index in [0.29, 0.717) is 6.54 Å². The number of fused-ring (bicyclic) bond motifs is 1. The summed E-state index contributed by atoms with van der Waals surface area (Å²) in [4.78, 5) is 8.03. The molecule has 0 aliphatic heterocycles. The number of nitrogens with one attached hydrogen (secondary N) is 1. The van der Waals surface area contributed by atoms with Crippen molar-refractivity contribution in [3.8, 4) is 0 Å². The highest BCUT2D eigenvalue weighted by atomic mass is 15.5. The number of hydrazone groups is 1. The largest absolute Gasteiger partial charge is 0.323 e. The highest BCUT2D eigenvalue weighted by molar-refractivity contribution is 5.81. The number of rotatable bonds is 5. The highest BCUT2D eigenvalue weighted by Gasteiger charge is 2.11. The van der Waals surface area contributed by atoms with Gasteiger partial charge in [0, 0.05) is 0 Å². The maximum atomic E-state index is 4.68. The molecule has 0 spiro atoms. The lowest BCUT2D eigenvalue weighted by Gasteiger charge is -2.16. The lowest BCUT2D eigenvalue weighted by molar-refractivity contribution is 0.826. The summed E-state index contributed by atoms with van der Waals surface area (Å²) >= 11 is 0. The minimum Gasteiger partial charge on any atom is -0.323 e. The second-order valence-electron chi connectivity index (χ2n) is 5.78. The van der Waals surface area contributed by atoms with Gasteiger partial charge in [-0.3, -0.25) is 0 Å². The highest BCUT2D eigenvalue weighted by Crippen LogP contribution is 2.19. The molecule has 0 saturated heterocycles. The Kier molecular flexibility index (Phi) is 4.25. The fourth-order valence-corrected chi connectivity index (χ4v) is 2.66. The number of aromatic amines is 1. The van der Waals surface area contributed by atoms with Crippen molar-refractivity contribution in [2.24, 2.45) is 5.10 Å². The number of hydrogen-bond donors (Lipinski definition) is 1. The van der Waals surface area contributed by atoms with Gasteiger partial charge in [-0.05, 0) is 23.3 Å². The van der Waals surface area contributed by atoms with Crippen LogP contribution in [0.25, 0.3) is 11.0 Å². The van der Waals surface area contributed by atoms with Gasteiger partial charge in [0.15, 0.2) is 0 Å². The number of benzene rings is 3. The van der Waals surface area contributed by atoms with Gasteiger partial charge in [-0.2, -0.15) is 5.10 Å². The smallest absolute Gasteiger partial charge is 0.225 e. The summed E-state index contributed by atoms with van der Waals surface area (Å²) in [5.41, 5.74) is 4.17. The van der Waals surface area contributed by atoms with Gasteiger partial charge in [0.1, 0.15) is 0 Å². The molecule has 0 atom stereocenters. The number of nitrogens with zero attached hydrogens (tertiary/aromatic N) is 3. The molecule has 4 heteroatoms. The molecule has 122 valence electrons. The molecule has 0 aliphatic rings. The molecule has 4 nitrogen and oxygen atoms in total. The average Bonchev–Trinajstić information content (AvgIpc) is 3.11. The summed E-state index contributed by atoms with van der Waals surface area (Å²) in [6.45, 7) is 0.643. The topological polar surface area (TPSA) is 44.3 Å². The zero-order valence-electron chi connectivity index (χ0n) is 13.7. The zero-order chi connectivity index (χ0) is 16.9. The lowest BCUT2D eigenvalue weighted by Crippen LogP contribution is -2.17. The van der Waals surface area contributed by atoms with Crippen LogP contribution < -0.4 is 5.01 Å². The number of imidazole rings is 1. The average molecular weight is 326 g/mol. The van der Waals surface area contributed by atoms with E-state index in [2.05, 4.69) is 27.2 Å². The van der Waals surface area contributed by atoms with Crippen LogP contribution in [0.2, 0.25) is 0 Å². The second kappa shape index (κ2) is 7.01. The second-order valence-corrected chi connectivity index (χ2v) is 5.78. The number of H-pyrrole nitrogens is 1. The quantitative estimate of drug-likeness (QED) is 0.430. The van der Waals surface area contributed by atoms with Crippen molar-refractivity contribution < 1.29 is 0 Å². The van der Waals surface area contributed by atoms with Gasteiger partial charge in [-0.1, -0.05) is 72.8 Å². The van der Waals surface area contributed by atoms with E-state index in [1.807, 2.05) is 84.0 Å². The molecule has 0 fully saturated rings. The molecule has 25 heavy (non-hydrogen) atoms. The fourth-order valence-electron chi connectivity index (χ4n) is 2.66. The summed E-state index contributed by atoms with van der Waals surface area (Å²) in [7, 11) is 0. The molecule has 0 aliphatic carbocycles. The standard InChI is InChI=1S/C21H18N4/c1-3-9-17(10-4-1)15-22-25(16-18-11-5-2-6-12-18)21-23-19-13-7-8-14-20(19)24-21/h1-15H,16H2,(H,23,24). The Balaban J connectivity index is 1.68. The molecular formula is C21H18N4. The maximum Gasteiger partial charge on any atom is 0.225 e. The molecular weight excluding hydrogens is 308 g/mol. The van der Waals surface area contributed by atoms with Gasteiger partial charge in [-0.15, -0.1) is 0 Å². The zero-order valence-corrected chi connectivity index (χ0v) is 13.7. The van der Waals surface area contributed by atoms with E-state index in [1.54, 1.807) is 0 Å². The minimum absolute atomic E-state index is 0.643. The first-order valence-electron chi connectivity index (χ1n) is 8.24. The van der Waals surface area contributed by atoms with Crippen LogP contribution >= 0.6 is 0 Å². The predicted octanol–water partition coefficient (Wildman–Crippen LogP) is 4.60. The third kappa shape index (κ3) is 3.58. The molecule has 0 radical (unpaired) electrons. The molecule has 4 rings (SSSR count). The van der Waals surface area contributed by atoms with Gasteiger partial charge in [0.25, 0.3) is 0 Å². The minimum atomic E-state index is 0.643. The Morgan fingerprint density at radius 3 is 2.28 bits per heavy atom.